The first-order valence-corrected chi connectivity index (χ1v) is 8.70. The molecule has 2 N–H and O–H groups in total. The van der Waals surface area contributed by atoms with E-state index in [1.807, 2.05) is 6.92 Å². The predicted octanol–water partition coefficient (Wildman–Crippen LogP) is 3.16. The fourth-order valence-corrected chi connectivity index (χ4v) is 3.04. The smallest absolute Gasteiger partial charge is 0.227 e. The van der Waals surface area contributed by atoms with Crippen LogP contribution in [0.1, 0.15) is 56.3 Å². The third kappa shape index (κ3) is 4.91. The molecule has 0 heterocycles. The highest BCUT2D eigenvalue weighted by atomic mass is 16.2. The Morgan fingerprint density at radius 2 is 1.50 bits per heavy atom. The number of hydrogen-bond acceptors (Lipinski definition) is 3. The minimum absolute atomic E-state index is 0.00186. The molecular weight excluding hydrogens is 304 g/mol. The second kappa shape index (κ2) is 8.62. The highest BCUT2D eigenvalue weighted by Crippen LogP contribution is 2.30. The van der Waals surface area contributed by atoms with Crippen LogP contribution in [0.2, 0.25) is 0 Å². The van der Waals surface area contributed by atoms with Crippen LogP contribution in [0.5, 0.6) is 0 Å². The van der Waals surface area contributed by atoms with E-state index in [0.29, 0.717) is 11.3 Å². The molecular formula is C19H26N2O3. The van der Waals surface area contributed by atoms with Gasteiger partial charge in [-0.15, -0.1) is 0 Å². The molecule has 1 aromatic carbocycles. The molecule has 1 fully saturated rings. The first-order chi connectivity index (χ1) is 11.5. The molecule has 1 aromatic rings. The van der Waals surface area contributed by atoms with Gasteiger partial charge in [0, 0.05) is 29.6 Å². The van der Waals surface area contributed by atoms with Crippen LogP contribution < -0.4 is 10.6 Å². The third-order valence-electron chi connectivity index (χ3n) is 4.58. The number of benzene rings is 1. The molecule has 5 heteroatoms. The van der Waals surface area contributed by atoms with Crippen LogP contribution in [0.15, 0.2) is 24.3 Å². The zero-order chi connectivity index (χ0) is 17.5. The molecule has 0 bridgehead atoms. The molecule has 0 atom stereocenters. The normalized spacial score (nSPS) is 20.2. The van der Waals surface area contributed by atoms with Crippen molar-refractivity contribution in [3.05, 3.63) is 29.8 Å². The van der Waals surface area contributed by atoms with Crippen molar-refractivity contribution in [1.82, 2.24) is 5.32 Å². The minimum Gasteiger partial charge on any atom is -0.356 e. The quantitative estimate of drug-likeness (QED) is 0.787. The summed E-state index contributed by atoms with van der Waals surface area (Å²) in [4.78, 5) is 35.6. The van der Waals surface area contributed by atoms with Crippen LogP contribution in [-0.4, -0.2) is 24.1 Å². The van der Waals surface area contributed by atoms with Crippen LogP contribution in [0.25, 0.3) is 0 Å². The molecule has 0 aliphatic heterocycles. The fraction of sp³-hybridized carbons (Fsp3) is 0.526. The zero-order valence-corrected chi connectivity index (χ0v) is 14.4. The van der Waals surface area contributed by atoms with Crippen LogP contribution in [0.3, 0.4) is 0 Å². The van der Waals surface area contributed by atoms with Crippen molar-refractivity contribution < 1.29 is 14.4 Å². The van der Waals surface area contributed by atoms with E-state index in [2.05, 4.69) is 10.6 Å². The average molecular weight is 330 g/mol. The summed E-state index contributed by atoms with van der Waals surface area (Å²) in [6.45, 7) is 4.27. The second-order valence-corrected chi connectivity index (χ2v) is 6.46. The Labute approximate surface area is 143 Å². The Bertz CT molecular complexity index is 587. The Balaban J connectivity index is 1.82. The van der Waals surface area contributed by atoms with Gasteiger partial charge in [0.2, 0.25) is 11.8 Å². The lowest BCUT2D eigenvalue weighted by atomic mass is 9.81. The highest BCUT2D eigenvalue weighted by Gasteiger charge is 2.29. The number of ketones is 1. The molecule has 0 spiro atoms. The molecule has 2 amide bonds. The van der Waals surface area contributed by atoms with Crippen molar-refractivity contribution in [2.45, 2.75) is 46.0 Å². The Morgan fingerprint density at radius 3 is 2.00 bits per heavy atom. The number of carbonyl (C=O) groups excluding carboxylic acids is 3. The van der Waals surface area contributed by atoms with E-state index >= 15 is 0 Å². The summed E-state index contributed by atoms with van der Waals surface area (Å²) in [5.74, 6) is 0.115. The van der Waals surface area contributed by atoms with Crippen molar-refractivity contribution in [2.75, 3.05) is 11.9 Å². The van der Waals surface area contributed by atoms with E-state index in [0.717, 1.165) is 38.6 Å². The fourth-order valence-electron chi connectivity index (χ4n) is 3.04. The van der Waals surface area contributed by atoms with Crippen LogP contribution >= 0.6 is 0 Å². The van der Waals surface area contributed by atoms with E-state index in [1.54, 1.807) is 24.3 Å². The van der Waals surface area contributed by atoms with E-state index in [1.165, 1.54) is 6.92 Å². The Morgan fingerprint density at radius 1 is 0.958 bits per heavy atom. The maximum Gasteiger partial charge on any atom is 0.227 e. The highest BCUT2D eigenvalue weighted by molar-refractivity contribution is 5.96. The number of nitrogens with one attached hydrogen (secondary N) is 2. The number of amides is 2. The topological polar surface area (TPSA) is 75.3 Å². The standard InChI is InChI=1S/C19H26N2O3/c1-3-12-20-18(23)15-4-6-16(7-5-15)19(24)21-17-10-8-14(9-11-17)13(2)22/h8-11,15-16H,3-7,12H2,1-2H3,(H,20,23)(H,21,24). The number of rotatable bonds is 6. The summed E-state index contributed by atoms with van der Waals surface area (Å²) in [6.07, 6.45) is 3.93. The molecule has 130 valence electrons. The lowest BCUT2D eigenvalue weighted by molar-refractivity contribution is -0.128. The van der Waals surface area contributed by atoms with Gasteiger partial charge in [-0.3, -0.25) is 14.4 Å². The van der Waals surface area contributed by atoms with Crippen LogP contribution in [-0.2, 0) is 9.59 Å². The Kier molecular flexibility index (Phi) is 6.53. The van der Waals surface area contributed by atoms with Gasteiger partial charge in [0.1, 0.15) is 0 Å². The first kappa shape index (κ1) is 18.2. The molecule has 1 aliphatic carbocycles. The summed E-state index contributed by atoms with van der Waals surface area (Å²) in [5.41, 5.74) is 1.33. The third-order valence-corrected chi connectivity index (χ3v) is 4.58. The summed E-state index contributed by atoms with van der Waals surface area (Å²) in [6, 6.07) is 6.93. The number of hydrogen-bond donors (Lipinski definition) is 2. The average Bonchev–Trinajstić information content (AvgIpc) is 2.60. The molecule has 2 rings (SSSR count). The summed E-state index contributed by atoms with van der Waals surface area (Å²) in [5, 5.41) is 5.84. The van der Waals surface area contributed by atoms with Gasteiger partial charge >= 0.3 is 0 Å². The lowest BCUT2D eigenvalue weighted by Crippen LogP contribution is -2.35. The maximum absolute atomic E-state index is 12.4. The molecule has 24 heavy (non-hydrogen) atoms. The van der Waals surface area contributed by atoms with E-state index in [9.17, 15) is 14.4 Å². The molecule has 1 saturated carbocycles. The zero-order valence-electron chi connectivity index (χ0n) is 14.4. The van der Waals surface area contributed by atoms with Gasteiger partial charge < -0.3 is 10.6 Å². The van der Waals surface area contributed by atoms with Gasteiger partial charge in [0.15, 0.2) is 5.78 Å². The number of Topliss-reactive ketones (excluding diaryl/α,β-unsaturated/α-hetero) is 1. The minimum atomic E-state index is -0.0484. The van der Waals surface area contributed by atoms with Crippen molar-refractivity contribution in [3.8, 4) is 0 Å². The van der Waals surface area contributed by atoms with Gasteiger partial charge in [0.25, 0.3) is 0 Å². The van der Waals surface area contributed by atoms with E-state index in [-0.39, 0.29) is 29.4 Å². The second-order valence-electron chi connectivity index (χ2n) is 6.46. The van der Waals surface area contributed by atoms with E-state index in [4.69, 9.17) is 0 Å². The number of carbonyl (C=O) groups is 3. The molecule has 5 nitrogen and oxygen atoms in total. The molecule has 0 aromatic heterocycles. The largest absolute Gasteiger partial charge is 0.356 e. The van der Waals surface area contributed by atoms with Gasteiger partial charge in [0.05, 0.1) is 0 Å². The SMILES string of the molecule is CCCNC(=O)C1CCC(C(=O)Nc2ccc(C(C)=O)cc2)CC1. The molecule has 0 saturated heterocycles. The predicted molar refractivity (Wildman–Crippen MR) is 93.8 cm³/mol. The van der Waals surface area contributed by atoms with Crippen LogP contribution in [0, 0.1) is 11.8 Å². The van der Waals surface area contributed by atoms with Crippen molar-refractivity contribution >= 4 is 23.3 Å². The summed E-state index contributed by atoms with van der Waals surface area (Å²) in [7, 11) is 0. The van der Waals surface area contributed by atoms with Gasteiger partial charge in [-0.2, -0.15) is 0 Å². The van der Waals surface area contributed by atoms with E-state index < -0.39 is 0 Å². The van der Waals surface area contributed by atoms with Gasteiger partial charge in [-0.1, -0.05) is 6.92 Å². The summed E-state index contributed by atoms with van der Waals surface area (Å²) < 4.78 is 0. The molecule has 0 unspecified atom stereocenters. The van der Waals surface area contributed by atoms with Crippen molar-refractivity contribution in [3.63, 3.8) is 0 Å². The van der Waals surface area contributed by atoms with Gasteiger partial charge in [-0.25, -0.2) is 0 Å². The Hall–Kier alpha value is -2.17. The van der Waals surface area contributed by atoms with Crippen LogP contribution in [0.4, 0.5) is 5.69 Å². The molecule has 1 aliphatic rings. The first-order valence-electron chi connectivity index (χ1n) is 8.70. The molecule has 0 radical (unpaired) electrons. The number of anilines is 1. The van der Waals surface area contributed by atoms with Gasteiger partial charge in [-0.05, 0) is 63.3 Å². The lowest BCUT2D eigenvalue weighted by Gasteiger charge is -2.27. The maximum atomic E-state index is 12.4. The summed E-state index contributed by atoms with van der Waals surface area (Å²) >= 11 is 0. The van der Waals surface area contributed by atoms with Crippen molar-refractivity contribution in [1.29, 1.82) is 0 Å². The van der Waals surface area contributed by atoms with Crippen molar-refractivity contribution in [2.24, 2.45) is 11.8 Å². The monoisotopic (exact) mass is 330 g/mol.